The molecule has 0 bridgehead atoms. The molecule has 0 atom stereocenters. The minimum atomic E-state index is -0.503. The number of rotatable bonds is 7. The summed E-state index contributed by atoms with van der Waals surface area (Å²) in [4.78, 5) is 22.7. The molecule has 4 aromatic rings. The van der Waals surface area contributed by atoms with Crippen LogP contribution < -0.4 is 4.90 Å². The molecule has 2 fully saturated rings. The molecule has 0 radical (unpaired) electrons. The van der Waals surface area contributed by atoms with Gasteiger partial charge in [0.1, 0.15) is 23.0 Å². The first-order chi connectivity index (χ1) is 18.4. The van der Waals surface area contributed by atoms with Crippen LogP contribution in [0.15, 0.2) is 36.8 Å². The van der Waals surface area contributed by atoms with Crippen molar-refractivity contribution in [2.75, 3.05) is 37.6 Å². The molecule has 2 aliphatic rings. The van der Waals surface area contributed by atoms with Gasteiger partial charge in [-0.05, 0) is 63.3 Å². The molecule has 7 nitrogen and oxygen atoms in total. The summed E-state index contributed by atoms with van der Waals surface area (Å²) >= 11 is 0. The minimum absolute atomic E-state index is 0.0965. The average molecular weight is 518 g/mol. The molecule has 0 N–H and O–H groups in total. The van der Waals surface area contributed by atoms with Gasteiger partial charge in [-0.3, -0.25) is 9.88 Å². The number of hydrogen-bond acceptors (Lipinski definition) is 6. The van der Waals surface area contributed by atoms with Crippen LogP contribution in [-0.2, 0) is 6.42 Å². The summed E-state index contributed by atoms with van der Waals surface area (Å²) in [7, 11) is 0. The van der Waals surface area contributed by atoms with E-state index in [0.717, 1.165) is 43.6 Å². The summed E-state index contributed by atoms with van der Waals surface area (Å²) in [6.45, 7) is 11.2. The van der Waals surface area contributed by atoms with E-state index >= 15 is 0 Å². The SMILES string of the molecule is Cc1nc2c(F)cc(-c3cc(Cc4ncc(N5CCN(CC6CC6)CC5)cn4)ncc3F)cc2n1C(C)C. The normalized spacial score (nSPS) is 16.6. The monoisotopic (exact) mass is 517 g/mol. The molecule has 0 amide bonds. The van der Waals surface area contributed by atoms with Crippen LogP contribution in [0.25, 0.3) is 22.2 Å². The number of anilines is 1. The maximum atomic E-state index is 15.0. The summed E-state index contributed by atoms with van der Waals surface area (Å²) in [6.07, 6.45) is 8.04. The number of aryl methyl sites for hydroxylation is 1. The van der Waals surface area contributed by atoms with E-state index in [4.69, 9.17) is 0 Å². The lowest BCUT2D eigenvalue weighted by Gasteiger charge is -2.35. The Morgan fingerprint density at radius 1 is 0.921 bits per heavy atom. The van der Waals surface area contributed by atoms with E-state index < -0.39 is 11.6 Å². The number of nitrogens with zero attached hydrogens (tertiary/aromatic N) is 7. The molecule has 0 unspecified atom stereocenters. The molecular formula is C29H33F2N7. The number of piperazine rings is 1. The zero-order valence-electron chi connectivity index (χ0n) is 22.2. The molecule has 1 aliphatic heterocycles. The van der Waals surface area contributed by atoms with E-state index in [9.17, 15) is 8.78 Å². The molecular weight excluding hydrogens is 484 g/mol. The van der Waals surface area contributed by atoms with E-state index in [2.05, 4.69) is 29.7 Å². The highest BCUT2D eigenvalue weighted by atomic mass is 19.1. The predicted molar refractivity (Wildman–Crippen MR) is 144 cm³/mol. The average Bonchev–Trinajstić information content (AvgIpc) is 3.65. The number of pyridine rings is 1. The third-order valence-electron chi connectivity index (χ3n) is 7.65. The van der Waals surface area contributed by atoms with Gasteiger partial charge in [-0.1, -0.05) is 0 Å². The number of imidazole rings is 1. The van der Waals surface area contributed by atoms with Crippen molar-refractivity contribution >= 4 is 16.7 Å². The maximum Gasteiger partial charge on any atom is 0.151 e. The van der Waals surface area contributed by atoms with Gasteiger partial charge in [-0.2, -0.15) is 0 Å². The maximum absolute atomic E-state index is 15.0. The lowest BCUT2D eigenvalue weighted by Crippen LogP contribution is -2.47. The molecule has 3 aromatic heterocycles. The molecule has 1 saturated carbocycles. The highest BCUT2D eigenvalue weighted by Gasteiger charge is 2.26. The molecule has 9 heteroatoms. The van der Waals surface area contributed by atoms with Crippen molar-refractivity contribution in [2.24, 2.45) is 5.92 Å². The van der Waals surface area contributed by atoms with Crippen molar-refractivity contribution in [1.29, 1.82) is 0 Å². The second-order valence-electron chi connectivity index (χ2n) is 10.9. The van der Waals surface area contributed by atoms with Crippen molar-refractivity contribution in [3.8, 4) is 11.1 Å². The summed E-state index contributed by atoms with van der Waals surface area (Å²) in [5, 5.41) is 0. The summed E-state index contributed by atoms with van der Waals surface area (Å²) < 4.78 is 31.9. The molecule has 38 heavy (non-hydrogen) atoms. The van der Waals surface area contributed by atoms with Crippen molar-refractivity contribution < 1.29 is 8.78 Å². The van der Waals surface area contributed by atoms with Crippen molar-refractivity contribution in [3.05, 3.63) is 65.8 Å². The van der Waals surface area contributed by atoms with Crippen LogP contribution in [0.5, 0.6) is 0 Å². The fourth-order valence-corrected chi connectivity index (χ4v) is 5.49. The molecule has 1 aromatic carbocycles. The Kier molecular flexibility index (Phi) is 6.55. The topological polar surface area (TPSA) is 63.0 Å². The van der Waals surface area contributed by atoms with Gasteiger partial charge in [0.05, 0.1) is 36.2 Å². The van der Waals surface area contributed by atoms with Crippen molar-refractivity contribution in [1.82, 2.24) is 29.4 Å². The van der Waals surface area contributed by atoms with E-state index in [0.29, 0.717) is 40.1 Å². The fraction of sp³-hybridized carbons (Fsp3) is 0.448. The van der Waals surface area contributed by atoms with Gasteiger partial charge in [-0.25, -0.2) is 23.7 Å². The van der Waals surface area contributed by atoms with Gasteiger partial charge >= 0.3 is 0 Å². The minimum Gasteiger partial charge on any atom is -0.366 e. The van der Waals surface area contributed by atoms with Crippen molar-refractivity contribution in [3.63, 3.8) is 0 Å². The van der Waals surface area contributed by atoms with Gasteiger partial charge in [0.15, 0.2) is 5.82 Å². The molecule has 0 spiro atoms. The predicted octanol–water partition coefficient (Wildman–Crippen LogP) is 5.18. The third kappa shape index (κ3) is 4.99. The Morgan fingerprint density at radius 3 is 2.34 bits per heavy atom. The Hall–Kier alpha value is -3.46. The van der Waals surface area contributed by atoms with E-state index in [1.54, 1.807) is 12.1 Å². The number of aromatic nitrogens is 5. The standard InChI is InChI=1S/C29H33F2N7/c1-18(2)38-19(3)35-29-25(30)10-21(11-27(29)38)24-12-22(32-16-26(24)31)13-28-33-14-23(15-34-28)37-8-6-36(7-9-37)17-20-4-5-20/h10-12,14-16,18,20H,4-9,13,17H2,1-3H3. The number of fused-ring (bicyclic) bond motifs is 1. The summed E-state index contributed by atoms with van der Waals surface area (Å²) in [5.74, 6) is 1.28. The molecule has 1 aliphatic carbocycles. The van der Waals surface area contributed by atoms with Crippen LogP contribution in [0.1, 0.15) is 50.1 Å². The van der Waals surface area contributed by atoms with Gasteiger partial charge in [0.25, 0.3) is 0 Å². The quantitative estimate of drug-likeness (QED) is 0.337. The Labute approximate surface area is 221 Å². The molecule has 4 heterocycles. The molecule has 1 saturated heterocycles. The number of hydrogen-bond donors (Lipinski definition) is 0. The molecule has 6 rings (SSSR count). The zero-order valence-corrected chi connectivity index (χ0v) is 22.2. The number of halogens is 2. The van der Waals surface area contributed by atoms with Gasteiger partial charge in [0, 0.05) is 50.0 Å². The zero-order chi connectivity index (χ0) is 26.4. The Bertz CT molecular complexity index is 1450. The van der Waals surface area contributed by atoms with Gasteiger partial charge < -0.3 is 9.47 Å². The first kappa shape index (κ1) is 24.9. The smallest absolute Gasteiger partial charge is 0.151 e. The highest BCUT2D eigenvalue weighted by molar-refractivity contribution is 5.83. The van der Waals surface area contributed by atoms with Crippen molar-refractivity contribution in [2.45, 2.75) is 46.1 Å². The van der Waals surface area contributed by atoms with Crippen LogP contribution in [0.3, 0.4) is 0 Å². The summed E-state index contributed by atoms with van der Waals surface area (Å²) in [6, 6.07) is 4.90. The van der Waals surface area contributed by atoms with E-state index in [-0.39, 0.29) is 6.04 Å². The summed E-state index contributed by atoms with van der Waals surface area (Å²) in [5.41, 5.74) is 3.34. The Balaban J connectivity index is 1.20. The van der Waals surface area contributed by atoms with Crippen LogP contribution in [0.2, 0.25) is 0 Å². The van der Waals surface area contributed by atoms with Crippen LogP contribution in [0.4, 0.5) is 14.5 Å². The van der Waals surface area contributed by atoms with E-state index in [1.807, 2.05) is 37.7 Å². The lowest BCUT2D eigenvalue weighted by molar-refractivity contribution is 0.248. The fourth-order valence-electron chi connectivity index (χ4n) is 5.49. The van der Waals surface area contributed by atoms with E-state index in [1.165, 1.54) is 31.6 Å². The first-order valence-electron chi connectivity index (χ1n) is 13.5. The second-order valence-corrected chi connectivity index (χ2v) is 10.9. The molecule has 198 valence electrons. The Morgan fingerprint density at radius 2 is 1.66 bits per heavy atom. The first-order valence-corrected chi connectivity index (χ1v) is 13.5. The lowest BCUT2D eigenvalue weighted by atomic mass is 10.0. The third-order valence-corrected chi connectivity index (χ3v) is 7.65. The van der Waals surface area contributed by atoms with Gasteiger partial charge in [0.2, 0.25) is 0 Å². The van der Waals surface area contributed by atoms with Crippen LogP contribution in [0, 0.1) is 24.5 Å². The van der Waals surface area contributed by atoms with Gasteiger partial charge in [-0.15, -0.1) is 0 Å². The number of benzene rings is 1. The second kappa shape index (κ2) is 10.0. The van der Waals surface area contributed by atoms with Crippen LogP contribution in [-0.4, -0.2) is 62.1 Å². The van der Waals surface area contributed by atoms with Crippen LogP contribution >= 0.6 is 0 Å². The highest BCUT2D eigenvalue weighted by Crippen LogP contribution is 2.32. The largest absolute Gasteiger partial charge is 0.366 e.